The molecule has 0 spiro atoms. The molecule has 0 radical (unpaired) electrons. The van der Waals surface area contributed by atoms with E-state index < -0.39 is 5.97 Å². The van der Waals surface area contributed by atoms with Crippen molar-refractivity contribution in [2.24, 2.45) is 0 Å². The highest BCUT2D eigenvalue weighted by molar-refractivity contribution is 9.10. The van der Waals surface area contributed by atoms with Gasteiger partial charge in [-0.15, -0.1) is 0 Å². The van der Waals surface area contributed by atoms with Crippen LogP contribution in [-0.4, -0.2) is 28.0 Å². The smallest absolute Gasteiger partial charge is 0.303 e. The molecule has 1 heterocycles. The number of halogens is 1. The third-order valence-electron chi connectivity index (χ3n) is 2.65. The minimum atomic E-state index is -0.828. The van der Waals surface area contributed by atoms with Crippen molar-refractivity contribution in [1.82, 2.24) is 9.78 Å². The summed E-state index contributed by atoms with van der Waals surface area (Å²) in [4.78, 5) is 10.6. The Morgan fingerprint density at radius 2 is 2.11 bits per heavy atom. The lowest BCUT2D eigenvalue weighted by atomic mass is 10.2. The molecule has 0 amide bonds. The largest absolute Gasteiger partial charge is 0.497 e. The van der Waals surface area contributed by atoms with E-state index in [0.29, 0.717) is 6.42 Å². The van der Waals surface area contributed by atoms with Gasteiger partial charge in [-0.25, -0.2) is 4.68 Å². The Morgan fingerprint density at radius 3 is 2.68 bits per heavy atom. The molecule has 0 fully saturated rings. The Morgan fingerprint density at radius 1 is 1.42 bits per heavy atom. The quantitative estimate of drug-likeness (QED) is 0.918. The number of aryl methyl sites for hydroxylation is 1. The van der Waals surface area contributed by atoms with Gasteiger partial charge in [-0.1, -0.05) is 0 Å². The highest BCUT2D eigenvalue weighted by Crippen LogP contribution is 2.20. The van der Waals surface area contributed by atoms with E-state index in [4.69, 9.17) is 9.84 Å². The monoisotopic (exact) mass is 324 g/mol. The van der Waals surface area contributed by atoms with Gasteiger partial charge in [-0.05, 0) is 40.2 Å². The molecule has 6 heteroatoms. The van der Waals surface area contributed by atoms with E-state index in [9.17, 15) is 4.79 Å². The van der Waals surface area contributed by atoms with Gasteiger partial charge in [0, 0.05) is 12.6 Å². The Kier molecular flexibility index (Phi) is 4.21. The van der Waals surface area contributed by atoms with Gasteiger partial charge >= 0.3 is 5.97 Å². The number of carboxylic acids is 1. The highest BCUT2D eigenvalue weighted by atomic mass is 79.9. The van der Waals surface area contributed by atoms with Crippen LogP contribution in [0.1, 0.15) is 12.1 Å². The topological polar surface area (TPSA) is 64.3 Å². The first-order valence-electron chi connectivity index (χ1n) is 5.70. The zero-order valence-electron chi connectivity index (χ0n) is 10.3. The summed E-state index contributed by atoms with van der Waals surface area (Å²) in [5.74, 6) is -0.0491. The van der Waals surface area contributed by atoms with Gasteiger partial charge in [0.05, 0.1) is 29.4 Å². The molecule has 1 aromatic carbocycles. The molecule has 0 atom stereocenters. The average molecular weight is 325 g/mol. The normalized spacial score (nSPS) is 10.4. The van der Waals surface area contributed by atoms with Crippen LogP contribution in [0.4, 0.5) is 0 Å². The van der Waals surface area contributed by atoms with Gasteiger partial charge in [0.2, 0.25) is 0 Å². The van der Waals surface area contributed by atoms with Crippen molar-refractivity contribution in [3.05, 3.63) is 40.6 Å². The second-order valence-electron chi connectivity index (χ2n) is 3.96. The lowest BCUT2D eigenvalue weighted by Gasteiger charge is -2.03. The van der Waals surface area contributed by atoms with E-state index in [1.165, 1.54) is 0 Å². The first-order chi connectivity index (χ1) is 9.10. The van der Waals surface area contributed by atoms with Gasteiger partial charge < -0.3 is 9.84 Å². The van der Waals surface area contributed by atoms with Crippen molar-refractivity contribution in [2.75, 3.05) is 7.11 Å². The van der Waals surface area contributed by atoms with E-state index in [0.717, 1.165) is 21.6 Å². The van der Waals surface area contributed by atoms with Crippen LogP contribution in [0.15, 0.2) is 34.9 Å². The zero-order chi connectivity index (χ0) is 13.8. The number of ether oxygens (including phenoxy) is 1. The molecular formula is C13H13BrN2O3. The lowest BCUT2D eigenvalue weighted by Crippen LogP contribution is -2.00. The number of carbonyl (C=O) groups is 1. The number of rotatable bonds is 5. The summed E-state index contributed by atoms with van der Waals surface area (Å²) in [6.45, 7) is 0. The standard InChI is InChI=1S/C13H13BrN2O3/c1-19-10-4-2-9(3-5-10)16-8-11(14)12(15-16)6-7-13(17)18/h2-5,8H,6-7H2,1H3,(H,17,18). The number of benzene rings is 1. The molecule has 1 aromatic heterocycles. The average Bonchev–Trinajstić information content (AvgIpc) is 2.78. The molecule has 0 aliphatic rings. The molecule has 0 saturated heterocycles. The van der Waals surface area contributed by atoms with E-state index in [1.807, 2.05) is 30.5 Å². The van der Waals surface area contributed by atoms with Crippen molar-refractivity contribution in [3.63, 3.8) is 0 Å². The van der Waals surface area contributed by atoms with Crippen molar-refractivity contribution < 1.29 is 14.6 Å². The Balaban J connectivity index is 2.20. The summed E-state index contributed by atoms with van der Waals surface area (Å²) in [6.07, 6.45) is 2.29. The van der Waals surface area contributed by atoms with Crippen LogP contribution >= 0.6 is 15.9 Å². The molecule has 0 aliphatic heterocycles. The van der Waals surface area contributed by atoms with Crippen LogP contribution in [0.3, 0.4) is 0 Å². The SMILES string of the molecule is COc1ccc(-n2cc(Br)c(CCC(=O)O)n2)cc1. The Bertz CT molecular complexity index is 578. The maximum Gasteiger partial charge on any atom is 0.303 e. The third kappa shape index (κ3) is 3.35. The molecule has 2 rings (SSSR count). The maximum absolute atomic E-state index is 10.6. The van der Waals surface area contributed by atoms with Crippen LogP contribution in [0.25, 0.3) is 5.69 Å². The van der Waals surface area contributed by atoms with Gasteiger partial charge in [0.25, 0.3) is 0 Å². The summed E-state index contributed by atoms with van der Waals surface area (Å²) in [6, 6.07) is 7.47. The van der Waals surface area contributed by atoms with Gasteiger partial charge in [-0.2, -0.15) is 5.10 Å². The zero-order valence-corrected chi connectivity index (χ0v) is 11.9. The Labute approximate surface area is 118 Å². The van der Waals surface area contributed by atoms with E-state index in [2.05, 4.69) is 21.0 Å². The molecule has 100 valence electrons. The fourth-order valence-electron chi connectivity index (χ4n) is 1.65. The summed E-state index contributed by atoms with van der Waals surface area (Å²) in [5.41, 5.74) is 1.63. The molecule has 0 bridgehead atoms. The van der Waals surface area contributed by atoms with Crippen LogP contribution in [0.5, 0.6) is 5.75 Å². The molecule has 2 aromatic rings. The highest BCUT2D eigenvalue weighted by Gasteiger charge is 2.09. The molecule has 0 saturated carbocycles. The molecule has 5 nitrogen and oxygen atoms in total. The molecule has 0 unspecified atom stereocenters. The van der Waals surface area contributed by atoms with Gasteiger partial charge in [0.1, 0.15) is 5.75 Å². The number of carboxylic acid groups (broad SMARTS) is 1. The number of aliphatic carboxylic acids is 1. The molecule has 1 N–H and O–H groups in total. The fraction of sp³-hybridized carbons (Fsp3) is 0.231. The van der Waals surface area contributed by atoms with Crippen LogP contribution in [0.2, 0.25) is 0 Å². The molecule has 19 heavy (non-hydrogen) atoms. The number of methoxy groups -OCH3 is 1. The second kappa shape index (κ2) is 5.88. The van der Waals surface area contributed by atoms with Crippen molar-refractivity contribution >= 4 is 21.9 Å². The Hall–Kier alpha value is -1.82. The predicted octanol–water partition coefficient (Wildman–Crippen LogP) is 2.66. The minimum absolute atomic E-state index is 0.0677. The van der Waals surface area contributed by atoms with Crippen LogP contribution in [-0.2, 0) is 11.2 Å². The number of aromatic nitrogens is 2. The summed E-state index contributed by atoms with van der Waals surface area (Å²) in [5, 5.41) is 13.1. The lowest BCUT2D eigenvalue weighted by molar-refractivity contribution is -0.136. The van der Waals surface area contributed by atoms with E-state index in [1.54, 1.807) is 11.8 Å². The third-order valence-corrected chi connectivity index (χ3v) is 3.31. The maximum atomic E-state index is 10.6. The van der Waals surface area contributed by atoms with Crippen molar-refractivity contribution in [2.45, 2.75) is 12.8 Å². The van der Waals surface area contributed by atoms with Crippen LogP contribution in [0, 0.1) is 0 Å². The fourth-order valence-corrected chi connectivity index (χ4v) is 2.12. The number of hydrogen-bond acceptors (Lipinski definition) is 3. The first-order valence-corrected chi connectivity index (χ1v) is 6.49. The number of nitrogens with zero attached hydrogens (tertiary/aromatic N) is 2. The van der Waals surface area contributed by atoms with Gasteiger partial charge in [0.15, 0.2) is 0 Å². The first kappa shape index (κ1) is 13.6. The predicted molar refractivity (Wildman–Crippen MR) is 73.8 cm³/mol. The molecule has 0 aliphatic carbocycles. The number of hydrogen-bond donors (Lipinski definition) is 1. The summed E-state index contributed by atoms with van der Waals surface area (Å²) in [7, 11) is 1.61. The van der Waals surface area contributed by atoms with Crippen molar-refractivity contribution in [1.29, 1.82) is 0 Å². The summed E-state index contributed by atoms with van der Waals surface area (Å²) >= 11 is 3.39. The minimum Gasteiger partial charge on any atom is -0.497 e. The van der Waals surface area contributed by atoms with Crippen LogP contribution < -0.4 is 4.74 Å². The van der Waals surface area contributed by atoms with E-state index in [-0.39, 0.29) is 6.42 Å². The molecular weight excluding hydrogens is 312 g/mol. The second-order valence-corrected chi connectivity index (χ2v) is 4.81. The summed E-state index contributed by atoms with van der Waals surface area (Å²) < 4.78 is 7.61. The van der Waals surface area contributed by atoms with Crippen molar-refractivity contribution in [3.8, 4) is 11.4 Å². The van der Waals surface area contributed by atoms with Gasteiger partial charge in [-0.3, -0.25) is 4.79 Å². The van der Waals surface area contributed by atoms with E-state index >= 15 is 0 Å².